The number of guanidine groups is 1. The third-order valence-corrected chi connectivity index (χ3v) is 12.6. The summed E-state index contributed by atoms with van der Waals surface area (Å²) in [4.78, 5) is 30.1. The first kappa shape index (κ1) is 42.9. The molecule has 12 nitrogen and oxygen atoms in total. The summed E-state index contributed by atoms with van der Waals surface area (Å²) in [5.74, 6) is 6.77. The quantitative estimate of drug-likeness (QED) is 0.0430. The Morgan fingerprint density at radius 2 is 1.81 bits per heavy atom. The number of aromatic hydroxyl groups is 2. The van der Waals surface area contributed by atoms with E-state index in [4.69, 9.17) is 16.2 Å². The van der Waals surface area contributed by atoms with Crippen molar-refractivity contribution in [3.05, 3.63) is 64.7 Å². The zero-order valence-electron chi connectivity index (χ0n) is 33.5. The molecule has 1 aliphatic heterocycles. The lowest BCUT2D eigenvalue weighted by Crippen LogP contribution is -2.52. The Morgan fingerprint density at radius 3 is 2.59 bits per heavy atom. The monoisotopic (exact) mass is 796 g/mol. The second kappa shape index (κ2) is 19.9. The number of unbranched alkanes of at least 4 members (excludes halogenated alkanes) is 1. The molecule has 3 aromatic carbocycles. The van der Waals surface area contributed by atoms with Crippen molar-refractivity contribution >= 4 is 28.3 Å². The summed E-state index contributed by atoms with van der Waals surface area (Å²) in [5, 5.41) is 59.0. The minimum absolute atomic E-state index is 0.0144. The molecule has 2 aliphatic carbocycles. The molecule has 3 aliphatic rings. The van der Waals surface area contributed by atoms with Crippen LogP contribution in [0.3, 0.4) is 0 Å². The third kappa shape index (κ3) is 10.7. The van der Waals surface area contributed by atoms with Gasteiger partial charge >= 0.3 is 0 Å². The molecule has 0 aromatic heterocycles. The molecular weight excluding hydrogens is 737 g/mol. The standard InChI is InChI=1S/C46H60N4O8/c1-58-45-22-30-9-13-43(56)36(42(55)5-3-2-4-27-18-39-32(15-17-51)21-35(53)24-40(39)50-26-27)11-7-28(38(30)25-44(45)57)8-12-41(54)33-19-29-6-10-34(52)23-37(29)31(20-33)14-16-49-46(47)48/h6,10,19-20,22-23,25,27-28,32,36,39-42,50-52,54-55,57H,2-5,8-9,12-18,21,24,26H2,1H3,(H4,47,48,49)/t27-,28+,32+,36-,39+,40-,41+,42-/m1/s1. The average molecular weight is 797 g/mol. The molecule has 58 heavy (non-hydrogen) atoms. The van der Waals surface area contributed by atoms with Crippen LogP contribution < -0.4 is 21.5 Å². The highest BCUT2D eigenvalue weighted by atomic mass is 16.5. The summed E-state index contributed by atoms with van der Waals surface area (Å²) in [5.41, 5.74) is 14.3. The molecule has 312 valence electrons. The minimum atomic E-state index is -0.933. The summed E-state index contributed by atoms with van der Waals surface area (Å²) < 4.78 is 5.42. The van der Waals surface area contributed by atoms with E-state index >= 15 is 0 Å². The largest absolute Gasteiger partial charge is 0.508 e. The SMILES string of the molecule is COc1cc2c(cc1O)[C@H](CC[C@H](O)c1cc(CCN=C(N)N)c3cc(O)ccc3c1)C#C[C@H]([C@H](O)CCCC[C@H]1CN[C@@H]3CC(=O)C[C@H](CCO)[C@@H]3C1)C(=O)CC2. The number of fused-ring (bicyclic) bond motifs is 3. The Morgan fingerprint density at radius 1 is 0.983 bits per heavy atom. The predicted octanol–water partition coefficient (Wildman–Crippen LogP) is 4.68. The summed E-state index contributed by atoms with van der Waals surface area (Å²) >= 11 is 0. The maximum Gasteiger partial charge on any atom is 0.185 e. The van der Waals surface area contributed by atoms with Gasteiger partial charge < -0.3 is 47.1 Å². The van der Waals surface area contributed by atoms with E-state index < -0.39 is 24.0 Å². The summed E-state index contributed by atoms with van der Waals surface area (Å²) in [6.07, 6.45) is 5.86. The van der Waals surface area contributed by atoms with Crippen LogP contribution in [0.1, 0.15) is 105 Å². The number of hydrogen-bond donors (Lipinski definition) is 8. The summed E-state index contributed by atoms with van der Waals surface area (Å²) in [6.45, 7) is 1.30. The molecule has 10 N–H and O–H groups in total. The smallest absolute Gasteiger partial charge is 0.185 e. The molecule has 3 aromatic rings. The van der Waals surface area contributed by atoms with Gasteiger partial charge in [0.25, 0.3) is 0 Å². The van der Waals surface area contributed by atoms with Crippen LogP contribution in [0.25, 0.3) is 10.8 Å². The van der Waals surface area contributed by atoms with Crippen molar-refractivity contribution in [3.63, 3.8) is 0 Å². The fraction of sp³-hybridized carbons (Fsp3) is 0.543. The van der Waals surface area contributed by atoms with Gasteiger partial charge in [0.2, 0.25) is 0 Å². The fourth-order valence-corrected chi connectivity index (χ4v) is 9.55. The van der Waals surface area contributed by atoms with Crippen LogP contribution in [0.4, 0.5) is 0 Å². The van der Waals surface area contributed by atoms with Crippen molar-refractivity contribution in [2.75, 3.05) is 26.8 Å². The first-order valence-corrected chi connectivity index (χ1v) is 20.9. The Kier molecular flexibility index (Phi) is 14.7. The highest BCUT2D eigenvalue weighted by Gasteiger charge is 2.40. The normalized spacial score (nSPS) is 24.3. The maximum atomic E-state index is 13.7. The van der Waals surface area contributed by atoms with Crippen LogP contribution in [0.15, 0.2) is 47.5 Å². The van der Waals surface area contributed by atoms with Crippen LogP contribution in [0.5, 0.6) is 17.2 Å². The van der Waals surface area contributed by atoms with E-state index in [2.05, 4.69) is 22.2 Å². The van der Waals surface area contributed by atoms with Gasteiger partial charge in [0.05, 0.1) is 19.3 Å². The van der Waals surface area contributed by atoms with Crippen molar-refractivity contribution < 1.29 is 39.9 Å². The molecule has 0 bridgehead atoms. The number of aliphatic imine (C=N–C) groups is 1. The van der Waals surface area contributed by atoms with Crippen LogP contribution in [-0.2, 0) is 22.4 Å². The lowest BCUT2D eigenvalue weighted by atomic mass is 9.67. The van der Waals surface area contributed by atoms with Crippen LogP contribution in [0.2, 0.25) is 0 Å². The van der Waals surface area contributed by atoms with E-state index in [9.17, 15) is 35.1 Å². The first-order valence-electron chi connectivity index (χ1n) is 20.9. The number of methoxy groups -OCH3 is 1. The molecule has 0 spiro atoms. The molecule has 1 heterocycles. The van der Waals surface area contributed by atoms with E-state index in [1.54, 1.807) is 30.3 Å². The molecule has 8 atom stereocenters. The van der Waals surface area contributed by atoms with Gasteiger partial charge in [-0.25, -0.2) is 0 Å². The van der Waals surface area contributed by atoms with Crippen molar-refractivity contribution in [2.24, 2.45) is 40.1 Å². The highest BCUT2D eigenvalue weighted by Crippen LogP contribution is 2.40. The Balaban J connectivity index is 1.14. The predicted molar refractivity (Wildman–Crippen MR) is 223 cm³/mol. The van der Waals surface area contributed by atoms with E-state index in [1.807, 2.05) is 12.1 Å². The lowest BCUT2D eigenvalue weighted by Gasteiger charge is -2.44. The number of aliphatic hydroxyl groups is 3. The fourth-order valence-electron chi connectivity index (χ4n) is 9.55. The van der Waals surface area contributed by atoms with E-state index in [1.165, 1.54) is 7.11 Å². The number of phenols is 2. The number of phenolic OH excluding ortho intramolecular Hbond substituents is 2. The number of nitrogens with zero attached hydrogens (tertiary/aromatic N) is 1. The maximum absolute atomic E-state index is 13.7. The van der Waals surface area contributed by atoms with Crippen LogP contribution in [0, 0.1) is 35.5 Å². The van der Waals surface area contributed by atoms with Gasteiger partial charge in [0, 0.05) is 44.4 Å². The van der Waals surface area contributed by atoms with Gasteiger partial charge in [0.15, 0.2) is 23.2 Å². The Hall–Kier alpha value is -4.67. The van der Waals surface area contributed by atoms with Gasteiger partial charge in [-0.1, -0.05) is 36.8 Å². The minimum Gasteiger partial charge on any atom is -0.508 e. The van der Waals surface area contributed by atoms with Crippen molar-refractivity contribution in [1.82, 2.24) is 5.32 Å². The van der Waals surface area contributed by atoms with Crippen molar-refractivity contribution in [3.8, 4) is 29.1 Å². The number of ketones is 2. The van der Waals surface area contributed by atoms with Gasteiger partial charge in [-0.15, -0.1) is 0 Å². The van der Waals surface area contributed by atoms with Crippen molar-refractivity contribution in [1.29, 1.82) is 0 Å². The zero-order chi connectivity index (χ0) is 41.3. The molecule has 2 fully saturated rings. The molecule has 12 heteroatoms. The Labute approximate surface area is 341 Å². The van der Waals surface area contributed by atoms with Crippen LogP contribution >= 0.6 is 0 Å². The lowest BCUT2D eigenvalue weighted by molar-refractivity contribution is -0.125. The zero-order valence-corrected chi connectivity index (χ0v) is 33.5. The van der Waals surface area contributed by atoms with Gasteiger partial charge in [-0.2, -0.15) is 0 Å². The number of aliphatic hydroxyl groups excluding tert-OH is 3. The molecule has 1 saturated heterocycles. The number of rotatable bonds is 16. The number of nitrogens with one attached hydrogen (secondary N) is 1. The Bertz CT molecular complexity index is 2020. The first-order chi connectivity index (χ1) is 27.9. The molecule has 0 amide bonds. The average Bonchev–Trinajstić information content (AvgIpc) is 3.25. The summed E-state index contributed by atoms with van der Waals surface area (Å²) in [7, 11) is 1.48. The van der Waals surface area contributed by atoms with E-state index in [0.717, 1.165) is 59.7 Å². The molecule has 6 rings (SSSR count). The second-order valence-corrected chi connectivity index (χ2v) is 16.6. The number of Topliss-reactive ketones (excluding diaryl/α,β-unsaturated/α-hetero) is 2. The van der Waals surface area contributed by atoms with E-state index in [0.29, 0.717) is 81.1 Å². The number of piperidine rings is 1. The summed E-state index contributed by atoms with van der Waals surface area (Å²) in [6, 6.07) is 12.5. The van der Waals surface area contributed by atoms with Crippen LogP contribution in [-0.4, -0.2) is 82.0 Å². The number of benzene rings is 3. The second-order valence-electron chi connectivity index (χ2n) is 16.6. The number of carbonyl (C=O) groups excluding carboxylic acids is 2. The molecule has 0 radical (unpaired) electrons. The highest BCUT2D eigenvalue weighted by molar-refractivity contribution is 5.88. The van der Waals surface area contributed by atoms with Gasteiger partial charge in [-0.3, -0.25) is 14.6 Å². The number of carbonyl (C=O) groups is 2. The number of aryl methyl sites for hydroxylation is 1. The van der Waals surface area contributed by atoms with Crippen molar-refractivity contribution in [2.45, 2.75) is 108 Å². The third-order valence-electron chi connectivity index (χ3n) is 12.6. The number of hydrogen-bond acceptors (Lipinski definition) is 10. The molecule has 1 saturated carbocycles. The van der Waals surface area contributed by atoms with E-state index in [-0.39, 0.29) is 54.0 Å². The molecule has 0 unspecified atom stereocenters. The topological polar surface area (TPSA) is 221 Å². The molecular formula is C46H60N4O8. The number of ether oxygens (including phenoxy) is 1. The number of nitrogens with two attached hydrogens (primary N) is 2. The van der Waals surface area contributed by atoms with Gasteiger partial charge in [-0.05, 0) is 139 Å². The van der Waals surface area contributed by atoms with Gasteiger partial charge in [0.1, 0.15) is 17.5 Å².